The van der Waals surface area contributed by atoms with Crippen molar-refractivity contribution in [2.45, 2.75) is 91.9 Å². The predicted molar refractivity (Wildman–Crippen MR) is 75.8 cm³/mol. The Balaban J connectivity index is 3.65. The van der Waals surface area contributed by atoms with Crippen molar-refractivity contribution in [1.29, 1.82) is 0 Å². The Bertz CT molecular complexity index is 128. The zero-order valence-corrected chi connectivity index (χ0v) is 12.2. The summed E-state index contributed by atoms with van der Waals surface area (Å²) in [6, 6.07) is 0. The monoisotopic (exact) mass is 226 g/mol. The Morgan fingerprint density at radius 1 is 0.625 bits per heavy atom. The molecule has 98 valence electrons. The molecular formula is C16H34. The van der Waals surface area contributed by atoms with Gasteiger partial charge >= 0.3 is 0 Å². The highest BCUT2D eigenvalue weighted by molar-refractivity contribution is 4.62. The van der Waals surface area contributed by atoms with E-state index >= 15 is 0 Å². The standard InChI is InChI=1S/C16H34/c1-5-8-9-12-16(11-7-3)14-13-15(4)10-6-2/h15-16H,5-14H2,1-4H3. The third kappa shape index (κ3) is 9.24. The molecule has 2 atom stereocenters. The van der Waals surface area contributed by atoms with E-state index in [4.69, 9.17) is 0 Å². The zero-order chi connectivity index (χ0) is 12.2. The molecule has 0 aliphatic rings. The van der Waals surface area contributed by atoms with Gasteiger partial charge in [0.25, 0.3) is 0 Å². The molecule has 2 unspecified atom stereocenters. The molecule has 0 aliphatic carbocycles. The highest BCUT2D eigenvalue weighted by Gasteiger charge is 2.09. The van der Waals surface area contributed by atoms with Crippen molar-refractivity contribution in [1.82, 2.24) is 0 Å². The largest absolute Gasteiger partial charge is 0.0654 e. The molecule has 0 bridgehead atoms. The van der Waals surface area contributed by atoms with Crippen molar-refractivity contribution >= 4 is 0 Å². The molecule has 16 heavy (non-hydrogen) atoms. The molecular weight excluding hydrogens is 192 g/mol. The highest BCUT2D eigenvalue weighted by atomic mass is 14.2. The number of rotatable bonds is 11. The number of unbranched alkanes of at least 4 members (excludes halogenated alkanes) is 2. The summed E-state index contributed by atoms with van der Waals surface area (Å²) in [5, 5.41) is 0. The van der Waals surface area contributed by atoms with Crippen LogP contribution in [0.3, 0.4) is 0 Å². The van der Waals surface area contributed by atoms with E-state index in [1.165, 1.54) is 64.2 Å². The van der Waals surface area contributed by atoms with Crippen molar-refractivity contribution < 1.29 is 0 Å². The summed E-state index contributed by atoms with van der Waals surface area (Å²) in [6.45, 7) is 9.38. The van der Waals surface area contributed by atoms with Crippen molar-refractivity contribution in [2.75, 3.05) is 0 Å². The predicted octanol–water partition coefficient (Wildman–Crippen LogP) is 6.20. The van der Waals surface area contributed by atoms with Crippen LogP contribution in [0.15, 0.2) is 0 Å². The Hall–Kier alpha value is 0. The first-order chi connectivity index (χ1) is 7.74. The smallest absolute Gasteiger partial charge is 0.0414 e. The number of hydrogen-bond acceptors (Lipinski definition) is 0. The van der Waals surface area contributed by atoms with Crippen LogP contribution in [-0.4, -0.2) is 0 Å². The van der Waals surface area contributed by atoms with Gasteiger partial charge in [0, 0.05) is 0 Å². The van der Waals surface area contributed by atoms with Gasteiger partial charge in [-0.15, -0.1) is 0 Å². The lowest BCUT2D eigenvalue weighted by atomic mass is 9.88. The minimum absolute atomic E-state index is 0.954. The van der Waals surface area contributed by atoms with E-state index in [1.54, 1.807) is 0 Å². The Morgan fingerprint density at radius 2 is 1.31 bits per heavy atom. The molecule has 0 spiro atoms. The Morgan fingerprint density at radius 3 is 1.88 bits per heavy atom. The molecule has 0 heterocycles. The van der Waals surface area contributed by atoms with Gasteiger partial charge in [0.05, 0.1) is 0 Å². The SMILES string of the molecule is CCCCCC(CCC)CCC(C)CCC. The van der Waals surface area contributed by atoms with Gasteiger partial charge in [-0.1, -0.05) is 91.9 Å². The van der Waals surface area contributed by atoms with Gasteiger partial charge in [0.2, 0.25) is 0 Å². The maximum Gasteiger partial charge on any atom is -0.0414 e. The second-order valence-corrected chi connectivity index (χ2v) is 5.62. The molecule has 0 aromatic carbocycles. The van der Waals surface area contributed by atoms with Crippen LogP contribution in [-0.2, 0) is 0 Å². The van der Waals surface area contributed by atoms with Crippen LogP contribution in [0.5, 0.6) is 0 Å². The second kappa shape index (κ2) is 11.5. The van der Waals surface area contributed by atoms with Crippen LogP contribution in [0, 0.1) is 11.8 Å². The molecule has 0 aromatic heterocycles. The fraction of sp³-hybridized carbons (Fsp3) is 1.00. The third-order valence-corrected chi connectivity index (χ3v) is 3.76. The molecule has 0 nitrogen and oxygen atoms in total. The van der Waals surface area contributed by atoms with Gasteiger partial charge in [-0.2, -0.15) is 0 Å². The minimum Gasteiger partial charge on any atom is -0.0654 e. The van der Waals surface area contributed by atoms with Crippen molar-refractivity contribution in [3.63, 3.8) is 0 Å². The van der Waals surface area contributed by atoms with Gasteiger partial charge in [0.1, 0.15) is 0 Å². The van der Waals surface area contributed by atoms with Gasteiger partial charge in [-0.3, -0.25) is 0 Å². The molecule has 0 heteroatoms. The molecule has 0 aliphatic heterocycles. The zero-order valence-electron chi connectivity index (χ0n) is 12.2. The Labute approximate surface area is 104 Å². The van der Waals surface area contributed by atoms with Crippen LogP contribution in [0.1, 0.15) is 91.9 Å². The summed E-state index contributed by atoms with van der Waals surface area (Å²) >= 11 is 0. The summed E-state index contributed by atoms with van der Waals surface area (Å²) < 4.78 is 0. The topological polar surface area (TPSA) is 0 Å². The molecule has 0 aromatic rings. The molecule has 0 saturated carbocycles. The molecule has 0 radical (unpaired) electrons. The van der Waals surface area contributed by atoms with Crippen molar-refractivity contribution in [2.24, 2.45) is 11.8 Å². The van der Waals surface area contributed by atoms with Gasteiger partial charge in [0.15, 0.2) is 0 Å². The lowest BCUT2D eigenvalue weighted by Crippen LogP contribution is -2.04. The summed E-state index contributed by atoms with van der Waals surface area (Å²) in [6.07, 6.45) is 14.3. The molecule has 0 amide bonds. The molecule has 0 saturated heterocycles. The molecule has 0 rings (SSSR count). The Kier molecular flexibility index (Phi) is 11.5. The fourth-order valence-corrected chi connectivity index (χ4v) is 2.68. The first-order valence-electron chi connectivity index (χ1n) is 7.74. The fourth-order valence-electron chi connectivity index (χ4n) is 2.68. The quantitative estimate of drug-likeness (QED) is 0.368. The van der Waals surface area contributed by atoms with Crippen molar-refractivity contribution in [3.05, 3.63) is 0 Å². The lowest BCUT2D eigenvalue weighted by Gasteiger charge is -2.18. The van der Waals surface area contributed by atoms with E-state index in [9.17, 15) is 0 Å². The first kappa shape index (κ1) is 16.0. The summed E-state index contributed by atoms with van der Waals surface area (Å²) in [5.41, 5.74) is 0. The third-order valence-electron chi connectivity index (χ3n) is 3.76. The van der Waals surface area contributed by atoms with E-state index in [2.05, 4.69) is 27.7 Å². The van der Waals surface area contributed by atoms with Crippen LogP contribution in [0.2, 0.25) is 0 Å². The lowest BCUT2D eigenvalue weighted by molar-refractivity contribution is 0.347. The van der Waals surface area contributed by atoms with Crippen LogP contribution < -0.4 is 0 Å². The summed E-state index contributed by atoms with van der Waals surface area (Å²) in [5.74, 6) is 1.98. The minimum atomic E-state index is 0.954. The summed E-state index contributed by atoms with van der Waals surface area (Å²) in [4.78, 5) is 0. The average Bonchev–Trinajstić information content (AvgIpc) is 2.26. The number of hydrogen-bond donors (Lipinski definition) is 0. The van der Waals surface area contributed by atoms with E-state index in [1.807, 2.05) is 0 Å². The second-order valence-electron chi connectivity index (χ2n) is 5.62. The van der Waals surface area contributed by atoms with Gasteiger partial charge in [-0.25, -0.2) is 0 Å². The van der Waals surface area contributed by atoms with E-state index in [0.717, 1.165) is 11.8 Å². The average molecular weight is 226 g/mol. The first-order valence-corrected chi connectivity index (χ1v) is 7.74. The van der Waals surface area contributed by atoms with E-state index in [0.29, 0.717) is 0 Å². The van der Waals surface area contributed by atoms with E-state index in [-0.39, 0.29) is 0 Å². The van der Waals surface area contributed by atoms with Crippen molar-refractivity contribution in [3.8, 4) is 0 Å². The van der Waals surface area contributed by atoms with Gasteiger partial charge in [-0.05, 0) is 11.8 Å². The molecule has 0 N–H and O–H groups in total. The van der Waals surface area contributed by atoms with Gasteiger partial charge < -0.3 is 0 Å². The maximum atomic E-state index is 2.43. The highest BCUT2D eigenvalue weighted by Crippen LogP contribution is 2.24. The summed E-state index contributed by atoms with van der Waals surface area (Å²) in [7, 11) is 0. The van der Waals surface area contributed by atoms with E-state index < -0.39 is 0 Å². The van der Waals surface area contributed by atoms with Crippen LogP contribution in [0.25, 0.3) is 0 Å². The van der Waals surface area contributed by atoms with Crippen LogP contribution in [0.4, 0.5) is 0 Å². The maximum absolute atomic E-state index is 2.43. The molecule has 0 fully saturated rings. The normalized spacial score (nSPS) is 15.0. The van der Waals surface area contributed by atoms with Crippen LogP contribution >= 0.6 is 0 Å².